The molecule has 1 saturated carbocycles. The third kappa shape index (κ3) is 3.21. The van der Waals surface area contributed by atoms with E-state index in [2.05, 4.69) is 34.5 Å². The largest absolute Gasteiger partial charge is 0.351 e. The number of piperazine rings is 1. The van der Waals surface area contributed by atoms with Crippen LogP contribution in [0.1, 0.15) is 43.2 Å². The van der Waals surface area contributed by atoms with Crippen molar-refractivity contribution in [2.75, 3.05) is 6.54 Å². The number of nitrogens with one attached hydrogen (secondary N) is 1. The van der Waals surface area contributed by atoms with Crippen molar-refractivity contribution in [3.05, 3.63) is 71.8 Å². The lowest BCUT2D eigenvalue weighted by Gasteiger charge is -2.47. The smallest absolute Gasteiger partial charge is 0.244 e. The van der Waals surface area contributed by atoms with Crippen LogP contribution in [0.25, 0.3) is 0 Å². The summed E-state index contributed by atoms with van der Waals surface area (Å²) in [6.07, 6.45) is 5.53. The van der Waals surface area contributed by atoms with Gasteiger partial charge in [0.05, 0.1) is 12.6 Å². The standard InChI is InChI=1S/C25H29N3O2/c29-23-21(16-19-10-4-1-5-11-19)28-22(17-26-23)27(18-20-12-6-2-7-13-20)24(30)25(28)14-8-3-9-15-25/h1-2,4-7,10-13,21-22H,3,8-9,14-18H2,(H,26,29)/t21-,22+/m0/s1. The van der Waals surface area contributed by atoms with Gasteiger partial charge in [-0.05, 0) is 30.4 Å². The van der Waals surface area contributed by atoms with E-state index >= 15 is 0 Å². The van der Waals surface area contributed by atoms with Crippen molar-refractivity contribution >= 4 is 11.8 Å². The van der Waals surface area contributed by atoms with Crippen molar-refractivity contribution < 1.29 is 9.59 Å². The van der Waals surface area contributed by atoms with Crippen molar-refractivity contribution in [1.29, 1.82) is 0 Å². The predicted molar refractivity (Wildman–Crippen MR) is 115 cm³/mol. The number of fused-ring (bicyclic) bond motifs is 2. The highest BCUT2D eigenvalue weighted by Gasteiger charge is 2.61. The quantitative estimate of drug-likeness (QED) is 0.854. The summed E-state index contributed by atoms with van der Waals surface area (Å²) in [6.45, 7) is 1.10. The maximum absolute atomic E-state index is 13.9. The summed E-state index contributed by atoms with van der Waals surface area (Å²) in [4.78, 5) is 31.3. The molecule has 156 valence electrons. The summed E-state index contributed by atoms with van der Waals surface area (Å²) in [5.41, 5.74) is 1.74. The Kier molecular flexibility index (Phi) is 5.07. The van der Waals surface area contributed by atoms with E-state index in [0.29, 0.717) is 19.5 Å². The first-order chi connectivity index (χ1) is 14.7. The first-order valence-electron chi connectivity index (χ1n) is 11.1. The van der Waals surface area contributed by atoms with Crippen molar-refractivity contribution in [3.63, 3.8) is 0 Å². The fraction of sp³-hybridized carbons (Fsp3) is 0.440. The maximum Gasteiger partial charge on any atom is 0.244 e. The zero-order valence-corrected chi connectivity index (χ0v) is 17.3. The lowest BCUT2D eigenvalue weighted by atomic mass is 9.79. The van der Waals surface area contributed by atoms with Gasteiger partial charge in [0.15, 0.2) is 0 Å². The molecule has 5 nitrogen and oxygen atoms in total. The Balaban J connectivity index is 1.52. The van der Waals surface area contributed by atoms with E-state index in [1.54, 1.807) is 0 Å². The van der Waals surface area contributed by atoms with Crippen LogP contribution in [0.5, 0.6) is 0 Å². The van der Waals surface area contributed by atoms with Gasteiger partial charge in [0.25, 0.3) is 0 Å². The number of amides is 2. The van der Waals surface area contributed by atoms with Gasteiger partial charge in [-0.3, -0.25) is 14.5 Å². The zero-order chi connectivity index (χ0) is 20.6. The Morgan fingerprint density at radius 3 is 2.17 bits per heavy atom. The van der Waals surface area contributed by atoms with E-state index in [0.717, 1.165) is 36.8 Å². The Morgan fingerprint density at radius 2 is 1.50 bits per heavy atom. The van der Waals surface area contributed by atoms with Crippen LogP contribution in [-0.2, 0) is 22.6 Å². The zero-order valence-electron chi connectivity index (χ0n) is 17.3. The predicted octanol–water partition coefficient (Wildman–Crippen LogP) is 3.10. The Hall–Kier alpha value is -2.66. The SMILES string of the molecule is O=C1NC[C@@H]2N(Cc3ccccc3)C(=O)C3(CCCCC3)N2[C@H]1Cc1ccccc1. The van der Waals surface area contributed by atoms with E-state index in [-0.39, 0.29) is 24.0 Å². The molecule has 2 heterocycles. The van der Waals surface area contributed by atoms with Gasteiger partial charge in [-0.1, -0.05) is 79.9 Å². The molecule has 2 atom stereocenters. The topological polar surface area (TPSA) is 52.7 Å². The monoisotopic (exact) mass is 403 g/mol. The molecule has 1 aliphatic carbocycles. The molecular formula is C25H29N3O2. The summed E-state index contributed by atoms with van der Waals surface area (Å²) in [6, 6.07) is 20.1. The molecule has 5 rings (SSSR count). The molecule has 3 aliphatic rings. The molecule has 2 saturated heterocycles. The number of nitrogens with zero attached hydrogens (tertiary/aromatic N) is 2. The first kappa shape index (κ1) is 19.3. The van der Waals surface area contributed by atoms with E-state index in [1.807, 2.05) is 41.3 Å². The number of benzene rings is 2. The average molecular weight is 404 g/mol. The van der Waals surface area contributed by atoms with Crippen LogP contribution in [0.2, 0.25) is 0 Å². The van der Waals surface area contributed by atoms with Crippen molar-refractivity contribution in [2.24, 2.45) is 0 Å². The van der Waals surface area contributed by atoms with Gasteiger partial charge in [0.1, 0.15) is 11.7 Å². The Morgan fingerprint density at radius 1 is 0.867 bits per heavy atom. The molecule has 2 aromatic carbocycles. The number of rotatable bonds is 4. The van der Waals surface area contributed by atoms with Crippen molar-refractivity contribution in [2.45, 2.75) is 62.8 Å². The van der Waals surface area contributed by atoms with Crippen LogP contribution in [-0.4, -0.2) is 45.9 Å². The van der Waals surface area contributed by atoms with Gasteiger partial charge in [0.2, 0.25) is 11.8 Å². The highest BCUT2D eigenvalue weighted by atomic mass is 16.2. The molecule has 0 bridgehead atoms. The molecule has 0 aromatic heterocycles. The van der Waals surface area contributed by atoms with Gasteiger partial charge in [0, 0.05) is 6.54 Å². The maximum atomic E-state index is 13.9. The van der Waals surface area contributed by atoms with Crippen LogP contribution in [0.3, 0.4) is 0 Å². The second-order valence-electron chi connectivity index (χ2n) is 8.85. The van der Waals surface area contributed by atoms with Gasteiger partial charge < -0.3 is 10.2 Å². The first-order valence-corrected chi connectivity index (χ1v) is 11.1. The molecule has 2 aliphatic heterocycles. The fourth-order valence-electron chi connectivity index (χ4n) is 5.69. The highest BCUT2D eigenvalue weighted by molar-refractivity contribution is 5.92. The molecular weight excluding hydrogens is 374 g/mol. The molecule has 2 amide bonds. The molecule has 5 heteroatoms. The fourth-order valence-corrected chi connectivity index (χ4v) is 5.69. The second kappa shape index (κ2) is 7.88. The third-order valence-corrected chi connectivity index (χ3v) is 7.08. The van der Waals surface area contributed by atoms with Crippen LogP contribution >= 0.6 is 0 Å². The van der Waals surface area contributed by atoms with Crippen LogP contribution in [0.15, 0.2) is 60.7 Å². The minimum Gasteiger partial charge on any atom is -0.351 e. The minimum atomic E-state index is -0.533. The Labute approximate surface area is 178 Å². The van der Waals surface area contributed by atoms with E-state index < -0.39 is 5.54 Å². The van der Waals surface area contributed by atoms with Crippen LogP contribution < -0.4 is 5.32 Å². The molecule has 2 aromatic rings. The van der Waals surface area contributed by atoms with E-state index in [9.17, 15) is 9.59 Å². The lowest BCUT2D eigenvalue weighted by Crippen LogP contribution is -2.66. The summed E-state index contributed by atoms with van der Waals surface area (Å²) >= 11 is 0. The molecule has 1 N–H and O–H groups in total. The van der Waals surface area contributed by atoms with Crippen LogP contribution in [0.4, 0.5) is 0 Å². The third-order valence-electron chi connectivity index (χ3n) is 7.08. The normalized spacial score (nSPS) is 25.9. The summed E-state index contributed by atoms with van der Waals surface area (Å²) in [5.74, 6) is 0.264. The van der Waals surface area contributed by atoms with E-state index in [4.69, 9.17) is 0 Å². The average Bonchev–Trinajstić information content (AvgIpc) is 3.00. The van der Waals surface area contributed by atoms with E-state index in [1.165, 1.54) is 6.42 Å². The van der Waals surface area contributed by atoms with Crippen LogP contribution in [0, 0.1) is 0 Å². The molecule has 1 spiro atoms. The van der Waals surface area contributed by atoms with Gasteiger partial charge >= 0.3 is 0 Å². The molecule has 3 fully saturated rings. The number of carbonyl (C=O) groups is 2. The summed E-state index contributed by atoms with van der Waals surface area (Å²) in [7, 11) is 0. The Bertz CT molecular complexity index is 909. The van der Waals surface area contributed by atoms with Crippen molar-refractivity contribution in [1.82, 2.24) is 15.1 Å². The van der Waals surface area contributed by atoms with Crippen molar-refractivity contribution in [3.8, 4) is 0 Å². The minimum absolute atomic E-state index is 0.0504. The molecule has 0 unspecified atom stereocenters. The number of hydrogen-bond donors (Lipinski definition) is 1. The molecule has 30 heavy (non-hydrogen) atoms. The second-order valence-corrected chi connectivity index (χ2v) is 8.85. The van der Waals surface area contributed by atoms with Gasteiger partial charge in [-0.15, -0.1) is 0 Å². The number of hydrogen-bond acceptors (Lipinski definition) is 3. The summed E-state index contributed by atoms with van der Waals surface area (Å²) in [5, 5.41) is 3.11. The number of carbonyl (C=O) groups excluding carboxylic acids is 2. The highest BCUT2D eigenvalue weighted by Crippen LogP contribution is 2.45. The summed E-state index contributed by atoms with van der Waals surface area (Å²) < 4.78 is 0. The lowest BCUT2D eigenvalue weighted by molar-refractivity contribution is -0.138. The van der Waals surface area contributed by atoms with Gasteiger partial charge in [-0.25, -0.2) is 0 Å². The van der Waals surface area contributed by atoms with Gasteiger partial charge in [-0.2, -0.15) is 0 Å². The molecule has 0 radical (unpaired) electrons.